The Bertz CT molecular complexity index is 987. The van der Waals surface area contributed by atoms with Crippen molar-refractivity contribution in [3.05, 3.63) is 64.4 Å². The topological polar surface area (TPSA) is 73.8 Å². The molecule has 0 saturated heterocycles. The molecule has 0 fully saturated rings. The van der Waals surface area contributed by atoms with Crippen molar-refractivity contribution in [1.82, 2.24) is 19.7 Å². The highest BCUT2D eigenvalue weighted by Gasteiger charge is 2.11. The molecular formula is C15H10N4O2S. The lowest BCUT2D eigenvalue weighted by Crippen LogP contribution is -2.20. The molecule has 0 spiro atoms. The van der Waals surface area contributed by atoms with Crippen LogP contribution in [0.15, 0.2) is 57.4 Å². The van der Waals surface area contributed by atoms with Crippen LogP contribution in [-0.2, 0) is 6.54 Å². The Hall–Kier alpha value is -2.80. The second-order valence-electron chi connectivity index (χ2n) is 4.69. The molecule has 0 radical (unpaired) electrons. The lowest BCUT2D eigenvalue weighted by molar-refractivity contribution is 0.369. The fourth-order valence-corrected chi connectivity index (χ4v) is 2.90. The summed E-state index contributed by atoms with van der Waals surface area (Å²) in [5.41, 5.74) is 0.766. The summed E-state index contributed by atoms with van der Waals surface area (Å²) in [4.78, 5) is 21.6. The van der Waals surface area contributed by atoms with Gasteiger partial charge in [0, 0.05) is 5.56 Å². The van der Waals surface area contributed by atoms with Crippen LogP contribution in [0, 0.1) is 0 Å². The van der Waals surface area contributed by atoms with E-state index in [2.05, 4.69) is 15.1 Å². The molecule has 0 bridgehead atoms. The average molecular weight is 310 g/mol. The van der Waals surface area contributed by atoms with E-state index < -0.39 is 0 Å². The zero-order chi connectivity index (χ0) is 14.9. The van der Waals surface area contributed by atoms with Crippen LogP contribution in [0.3, 0.4) is 0 Å². The van der Waals surface area contributed by atoms with Crippen LogP contribution in [0.5, 0.6) is 0 Å². The highest BCUT2D eigenvalue weighted by molar-refractivity contribution is 7.16. The van der Waals surface area contributed by atoms with Crippen molar-refractivity contribution in [2.45, 2.75) is 6.54 Å². The van der Waals surface area contributed by atoms with Gasteiger partial charge in [0.1, 0.15) is 11.4 Å². The lowest BCUT2D eigenvalue weighted by atomic mass is 10.2. The number of thiophene rings is 1. The van der Waals surface area contributed by atoms with Crippen LogP contribution in [0.1, 0.15) is 5.89 Å². The highest BCUT2D eigenvalue weighted by Crippen LogP contribution is 2.16. The molecule has 22 heavy (non-hydrogen) atoms. The fourth-order valence-electron chi connectivity index (χ4n) is 2.18. The minimum absolute atomic E-state index is 0.106. The smallest absolute Gasteiger partial charge is 0.262 e. The molecule has 1 aromatic carbocycles. The van der Waals surface area contributed by atoms with Gasteiger partial charge in [-0.2, -0.15) is 4.98 Å². The van der Waals surface area contributed by atoms with E-state index in [0.29, 0.717) is 17.1 Å². The van der Waals surface area contributed by atoms with Crippen LogP contribution in [-0.4, -0.2) is 19.7 Å². The van der Waals surface area contributed by atoms with Gasteiger partial charge in [-0.25, -0.2) is 4.98 Å². The van der Waals surface area contributed by atoms with Crippen molar-refractivity contribution >= 4 is 21.6 Å². The molecule has 6 nitrogen and oxygen atoms in total. The molecule has 0 aliphatic rings. The fraction of sp³-hybridized carbons (Fsp3) is 0.0667. The van der Waals surface area contributed by atoms with Crippen molar-refractivity contribution in [1.29, 1.82) is 0 Å². The van der Waals surface area contributed by atoms with Gasteiger partial charge in [0.25, 0.3) is 5.56 Å². The van der Waals surface area contributed by atoms with E-state index in [1.165, 1.54) is 22.2 Å². The summed E-state index contributed by atoms with van der Waals surface area (Å²) in [7, 11) is 0. The molecule has 0 saturated carbocycles. The first-order valence-electron chi connectivity index (χ1n) is 6.62. The van der Waals surface area contributed by atoms with Gasteiger partial charge in [0.05, 0.1) is 11.7 Å². The number of fused-ring (bicyclic) bond motifs is 1. The second-order valence-corrected chi connectivity index (χ2v) is 5.59. The standard InChI is InChI=1S/C15H10N4O2S/c20-15-11-6-7-22-14(11)16-9-19(15)8-12-17-13(18-21-12)10-4-2-1-3-5-10/h1-7,9H,8H2. The molecule has 0 unspecified atom stereocenters. The third-order valence-corrected chi connectivity index (χ3v) is 4.08. The molecule has 3 heterocycles. The quantitative estimate of drug-likeness (QED) is 0.581. The molecule has 4 aromatic rings. The Labute approximate surface area is 128 Å². The van der Waals surface area contributed by atoms with Crippen LogP contribution >= 0.6 is 11.3 Å². The molecule has 3 aromatic heterocycles. The Morgan fingerprint density at radius 1 is 1.18 bits per heavy atom. The molecular weight excluding hydrogens is 300 g/mol. The van der Waals surface area contributed by atoms with Gasteiger partial charge in [0.15, 0.2) is 0 Å². The van der Waals surface area contributed by atoms with E-state index >= 15 is 0 Å². The van der Waals surface area contributed by atoms with Gasteiger partial charge in [-0.1, -0.05) is 35.5 Å². The first-order chi connectivity index (χ1) is 10.8. The monoisotopic (exact) mass is 310 g/mol. The Morgan fingerprint density at radius 3 is 2.91 bits per heavy atom. The SMILES string of the molecule is O=c1c2ccsc2ncn1Cc1nc(-c2ccccc2)no1. The van der Waals surface area contributed by atoms with Crippen molar-refractivity contribution in [2.75, 3.05) is 0 Å². The summed E-state index contributed by atoms with van der Waals surface area (Å²) in [6.07, 6.45) is 1.51. The highest BCUT2D eigenvalue weighted by atomic mass is 32.1. The molecule has 0 aliphatic carbocycles. The molecule has 7 heteroatoms. The minimum Gasteiger partial charge on any atom is -0.337 e. The number of benzene rings is 1. The Morgan fingerprint density at radius 2 is 2.05 bits per heavy atom. The number of aromatic nitrogens is 4. The van der Waals surface area contributed by atoms with Crippen LogP contribution in [0.25, 0.3) is 21.6 Å². The van der Waals surface area contributed by atoms with Crippen molar-refractivity contribution in [2.24, 2.45) is 0 Å². The van der Waals surface area contributed by atoms with E-state index in [4.69, 9.17) is 4.52 Å². The number of hydrogen-bond acceptors (Lipinski definition) is 6. The predicted molar refractivity (Wildman–Crippen MR) is 82.7 cm³/mol. The third-order valence-electron chi connectivity index (χ3n) is 3.26. The third kappa shape index (κ3) is 2.21. The van der Waals surface area contributed by atoms with Crippen LogP contribution in [0.2, 0.25) is 0 Å². The van der Waals surface area contributed by atoms with Crippen molar-refractivity contribution < 1.29 is 4.52 Å². The molecule has 0 amide bonds. The molecule has 4 rings (SSSR count). The number of hydrogen-bond donors (Lipinski definition) is 0. The second kappa shape index (κ2) is 5.19. The van der Waals surface area contributed by atoms with E-state index in [-0.39, 0.29) is 12.1 Å². The van der Waals surface area contributed by atoms with Crippen LogP contribution in [0.4, 0.5) is 0 Å². The molecule has 108 valence electrons. The van der Waals surface area contributed by atoms with E-state index in [1.54, 1.807) is 6.07 Å². The van der Waals surface area contributed by atoms with Gasteiger partial charge >= 0.3 is 0 Å². The van der Waals surface area contributed by atoms with Gasteiger partial charge < -0.3 is 4.52 Å². The van der Waals surface area contributed by atoms with Crippen molar-refractivity contribution in [3.63, 3.8) is 0 Å². The normalized spacial score (nSPS) is 11.1. The van der Waals surface area contributed by atoms with Crippen molar-refractivity contribution in [3.8, 4) is 11.4 Å². The summed E-state index contributed by atoms with van der Waals surface area (Å²) in [6, 6.07) is 11.3. The number of nitrogens with zero attached hydrogens (tertiary/aromatic N) is 4. The summed E-state index contributed by atoms with van der Waals surface area (Å²) < 4.78 is 6.70. The maximum absolute atomic E-state index is 12.3. The Kier molecular flexibility index (Phi) is 3.05. The summed E-state index contributed by atoms with van der Waals surface area (Å²) >= 11 is 1.44. The predicted octanol–water partition coefficient (Wildman–Crippen LogP) is 2.56. The van der Waals surface area contributed by atoms with Gasteiger partial charge in [-0.05, 0) is 11.4 Å². The summed E-state index contributed by atoms with van der Waals surface area (Å²) in [5, 5.41) is 6.40. The summed E-state index contributed by atoms with van der Waals surface area (Å²) in [5.74, 6) is 0.880. The maximum atomic E-state index is 12.3. The first-order valence-corrected chi connectivity index (χ1v) is 7.50. The Balaban J connectivity index is 1.67. The zero-order valence-corrected chi connectivity index (χ0v) is 12.2. The molecule has 0 N–H and O–H groups in total. The zero-order valence-electron chi connectivity index (χ0n) is 11.3. The van der Waals surface area contributed by atoms with Gasteiger partial charge in [-0.3, -0.25) is 9.36 Å². The maximum Gasteiger partial charge on any atom is 0.262 e. The molecule has 0 atom stereocenters. The van der Waals surface area contributed by atoms with Gasteiger partial charge in [-0.15, -0.1) is 11.3 Å². The average Bonchev–Trinajstić information content (AvgIpc) is 3.20. The minimum atomic E-state index is -0.106. The first kappa shape index (κ1) is 12.9. The number of rotatable bonds is 3. The van der Waals surface area contributed by atoms with E-state index in [1.807, 2.05) is 35.7 Å². The van der Waals surface area contributed by atoms with Crippen LogP contribution < -0.4 is 5.56 Å². The van der Waals surface area contributed by atoms with E-state index in [0.717, 1.165) is 10.4 Å². The lowest BCUT2D eigenvalue weighted by Gasteiger charge is -2.00. The summed E-state index contributed by atoms with van der Waals surface area (Å²) in [6.45, 7) is 0.206. The largest absolute Gasteiger partial charge is 0.337 e. The molecule has 0 aliphatic heterocycles. The van der Waals surface area contributed by atoms with Gasteiger partial charge in [0.2, 0.25) is 11.7 Å². The van der Waals surface area contributed by atoms with E-state index in [9.17, 15) is 4.79 Å².